The number of H-pyrrole nitrogens is 1. The predicted molar refractivity (Wildman–Crippen MR) is 123 cm³/mol. The summed E-state index contributed by atoms with van der Waals surface area (Å²) >= 11 is 0. The van der Waals surface area contributed by atoms with Crippen LogP contribution >= 0.6 is 0 Å². The van der Waals surface area contributed by atoms with Gasteiger partial charge in [0.05, 0.1) is 23.8 Å². The number of nitro groups is 1. The smallest absolute Gasteiger partial charge is 0.343 e. The molecule has 0 unspecified atom stereocenters. The molecule has 0 aliphatic rings. The molecule has 0 radical (unpaired) electrons. The van der Waals surface area contributed by atoms with Crippen molar-refractivity contribution in [3.8, 4) is 11.5 Å². The quantitative estimate of drug-likeness (QED) is 0.178. The number of carbonyl (C=O) groups is 2. The van der Waals surface area contributed by atoms with Crippen molar-refractivity contribution < 1.29 is 24.0 Å². The van der Waals surface area contributed by atoms with E-state index in [1.165, 1.54) is 43.7 Å². The number of ether oxygens (including phenoxy) is 2. The normalized spacial score (nSPS) is 11.3. The van der Waals surface area contributed by atoms with Gasteiger partial charge in [0.15, 0.2) is 17.2 Å². The molecule has 3 rings (SSSR count). The number of benzene rings is 2. The molecule has 0 bridgehead atoms. The molecular weight excluding hydrogens is 442 g/mol. The standard InChI is InChI=1S/C23H23N5O6/c1-23(2,3)20-12-17(25-26-20)21(29)27-24-13-14-5-10-18(19(11-14)33-4)34-22(30)15-6-8-16(9-7-15)28(31)32/h5-13H,1-4H3,(H,25,26)(H,27,29)/b24-13+. The Morgan fingerprint density at radius 2 is 1.82 bits per heavy atom. The fraction of sp³-hybridized carbons (Fsp3) is 0.217. The van der Waals surface area contributed by atoms with Gasteiger partial charge in [-0.15, -0.1) is 0 Å². The minimum absolute atomic E-state index is 0.133. The van der Waals surface area contributed by atoms with Crippen LogP contribution < -0.4 is 14.9 Å². The third-order valence-corrected chi connectivity index (χ3v) is 4.70. The van der Waals surface area contributed by atoms with E-state index >= 15 is 0 Å². The highest BCUT2D eigenvalue weighted by atomic mass is 16.6. The predicted octanol–water partition coefficient (Wildman–Crippen LogP) is 3.61. The summed E-state index contributed by atoms with van der Waals surface area (Å²) in [5.74, 6) is -0.759. The van der Waals surface area contributed by atoms with Crippen molar-refractivity contribution >= 4 is 23.8 Å². The minimum atomic E-state index is -0.699. The van der Waals surface area contributed by atoms with Gasteiger partial charge in [-0.05, 0) is 42.0 Å². The second kappa shape index (κ2) is 9.94. The Hall–Kier alpha value is -4.54. The number of nitrogens with zero attached hydrogens (tertiary/aromatic N) is 3. The summed E-state index contributed by atoms with van der Waals surface area (Å²) < 4.78 is 10.6. The SMILES string of the molecule is COc1cc(/C=N/NC(=O)c2cc(C(C)(C)C)[nH]n2)ccc1OC(=O)c1ccc([N+](=O)[O-])cc1. The summed E-state index contributed by atoms with van der Waals surface area (Å²) in [5.41, 5.74) is 3.86. The number of aromatic nitrogens is 2. The van der Waals surface area contributed by atoms with Crippen LogP contribution in [0.4, 0.5) is 5.69 Å². The number of hydrogen-bond donors (Lipinski definition) is 2. The number of methoxy groups -OCH3 is 1. The molecule has 1 amide bonds. The zero-order valence-electron chi connectivity index (χ0n) is 19.0. The first kappa shape index (κ1) is 24.1. The van der Waals surface area contributed by atoms with Crippen molar-refractivity contribution in [1.82, 2.24) is 15.6 Å². The maximum atomic E-state index is 12.4. The van der Waals surface area contributed by atoms with E-state index in [9.17, 15) is 19.7 Å². The maximum absolute atomic E-state index is 12.4. The van der Waals surface area contributed by atoms with Gasteiger partial charge < -0.3 is 9.47 Å². The molecule has 0 saturated carbocycles. The molecule has 1 heterocycles. The second-order valence-electron chi connectivity index (χ2n) is 8.22. The number of hydrazone groups is 1. The van der Waals surface area contributed by atoms with Crippen LogP contribution in [0.5, 0.6) is 11.5 Å². The molecule has 34 heavy (non-hydrogen) atoms. The molecule has 176 valence electrons. The summed E-state index contributed by atoms with van der Waals surface area (Å²) in [4.78, 5) is 34.8. The van der Waals surface area contributed by atoms with Crippen molar-refractivity contribution in [2.24, 2.45) is 5.10 Å². The Morgan fingerprint density at radius 1 is 1.12 bits per heavy atom. The fourth-order valence-corrected chi connectivity index (χ4v) is 2.77. The molecule has 0 saturated heterocycles. The van der Waals surface area contributed by atoms with Crippen molar-refractivity contribution in [2.45, 2.75) is 26.2 Å². The number of non-ortho nitro benzene ring substituents is 1. The van der Waals surface area contributed by atoms with Gasteiger partial charge in [-0.3, -0.25) is 20.0 Å². The molecule has 2 aromatic carbocycles. The molecule has 0 atom stereocenters. The second-order valence-corrected chi connectivity index (χ2v) is 8.22. The van der Waals surface area contributed by atoms with E-state index in [2.05, 4.69) is 20.7 Å². The summed E-state index contributed by atoms with van der Waals surface area (Å²) in [6, 6.07) is 11.4. The molecule has 3 aromatic rings. The zero-order valence-corrected chi connectivity index (χ0v) is 19.0. The lowest BCUT2D eigenvalue weighted by Crippen LogP contribution is -2.18. The van der Waals surface area contributed by atoms with E-state index in [1.54, 1.807) is 18.2 Å². The first-order valence-corrected chi connectivity index (χ1v) is 10.1. The number of hydrogen-bond acceptors (Lipinski definition) is 8. The highest BCUT2D eigenvalue weighted by Gasteiger charge is 2.19. The van der Waals surface area contributed by atoms with Crippen LogP contribution in [-0.4, -0.2) is 40.3 Å². The Balaban J connectivity index is 1.65. The third kappa shape index (κ3) is 5.82. The molecule has 11 nitrogen and oxygen atoms in total. The van der Waals surface area contributed by atoms with E-state index in [-0.39, 0.29) is 33.9 Å². The van der Waals surface area contributed by atoms with E-state index in [0.29, 0.717) is 5.56 Å². The molecule has 0 aliphatic heterocycles. The number of esters is 1. The summed E-state index contributed by atoms with van der Waals surface area (Å²) in [6.07, 6.45) is 1.40. The number of carbonyl (C=O) groups excluding carboxylic acids is 2. The fourth-order valence-electron chi connectivity index (χ4n) is 2.77. The van der Waals surface area contributed by atoms with E-state index in [1.807, 2.05) is 20.8 Å². The molecule has 0 fully saturated rings. The molecule has 11 heteroatoms. The van der Waals surface area contributed by atoms with Crippen molar-refractivity contribution in [3.05, 3.63) is 81.2 Å². The number of aromatic amines is 1. The van der Waals surface area contributed by atoms with Crippen LogP contribution in [-0.2, 0) is 5.41 Å². The lowest BCUT2D eigenvalue weighted by Gasteiger charge is -2.14. The lowest BCUT2D eigenvalue weighted by atomic mass is 9.92. The van der Waals surface area contributed by atoms with Crippen LogP contribution in [0.25, 0.3) is 0 Å². The zero-order chi connectivity index (χ0) is 24.9. The summed E-state index contributed by atoms with van der Waals surface area (Å²) in [5, 5.41) is 21.5. The van der Waals surface area contributed by atoms with Crippen molar-refractivity contribution in [2.75, 3.05) is 7.11 Å². The molecule has 2 N–H and O–H groups in total. The van der Waals surface area contributed by atoms with Crippen LogP contribution in [0.2, 0.25) is 0 Å². The number of nitrogens with one attached hydrogen (secondary N) is 2. The van der Waals surface area contributed by atoms with Gasteiger partial charge in [0.2, 0.25) is 0 Å². The average Bonchev–Trinajstić information content (AvgIpc) is 3.31. The van der Waals surface area contributed by atoms with Gasteiger partial charge in [-0.1, -0.05) is 20.8 Å². The highest BCUT2D eigenvalue weighted by Crippen LogP contribution is 2.28. The molecular formula is C23H23N5O6. The van der Waals surface area contributed by atoms with Crippen molar-refractivity contribution in [3.63, 3.8) is 0 Å². The van der Waals surface area contributed by atoms with Gasteiger partial charge in [-0.25, -0.2) is 10.2 Å². The van der Waals surface area contributed by atoms with Crippen LogP contribution in [0.3, 0.4) is 0 Å². The van der Waals surface area contributed by atoms with E-state index < -0.39 is 16.8 Å². The Bertz CT molecular complexity index is 1240. The number of nitro benzene ring substituents is 1. The molecule has 0 aliphatic carbocycles. The Labute approximate surface area is 194 Å². The Morgan fingerprint density at radius 3 is 2.41 bits per heavy atom. The first-order valence-electron chi connectivity index (χ1n) is 10.1. The van der Waals surface area contributed by atoms with Gasteiger partial charge >= 0.3 is 5.97 Å². The van der Waals surface area contributed by atoms with E-state index in [0.717, 1.165) is 5.69 Å². The van der Waals surface area contributed by atoms with Gasteiger partial charge in [-0.2, -0.15) is 10.2 Å². The first-order chi connectivity index (χ1) is 16.1. The van der Waals surface area contributed by atoms with Gasteiger partial charge in [0.1, 0.15) is 0 Å². The maximum Gasteiger partial charge on any atom is 0.343 e. The summed E-state index contributed by atoms with van der Waals surface area (Å²) in [7, 11) is 1.41. The van der Waals surface area contributed by atoms with E-state index in [4.69, 9.17) is 9.47 Å². The molecule has 1 aromatic heterocycles. The Kier molecular flexibility index (Phi) is 7.05. The van der Waals surface area contributed by atoms with Crippen LogP contribution in [0.1, 0.15) is 52.9 Å². The monoisotopic (exact) mass is 465 g/mol. The third-order valence-electron chi connectivity index (χ3n) is 4.70. The van der Waals surface area contributed by atoms with Crippen LogP contribution in [0, 0.1) is 10.1 Å². The minimum Gasteiger partial charge on any atom is -0.493 e. The lowest BCUT2D eigenvalue weighted by molar-refractivity contribution is -0.384. The number of rotatable bonds is 7. The number of amides is 1. The van der Waals surface area contributed by atoms with Crippen LogP contribution in [0.15, 0.2) is 53.6 Å². The van der Waals surface area contributed by atoms with Gasteiger partial charge in [0.25, 0.3) is 11.6 Å². The molecule has 0 spiro atoms. The average molecular weight is 465 g/mol. The topological polar surface area (TPSA) is 149 Å². The van der Waals surface area contributed by atoms with Crippen molar-refractivity contribution in [1.29, 1.82) is 0 Å². The highest BCUT2D eigenvalue weighted by molar-refractivity contribution is 5.93. The summed E-state index contributed by atoms with van der Waals surface area (Å²) in [6.45, 7) is 6.00. The largest absolute Gasteiger partial charge is 0.493 e. The van der Waals surface area contributed by atoms with Gasteiger partial charge in [0, 0.05) is 23.2 Å².